The van der Waals surface area contributed by atoms with Gasteiger partial charge in [0.1, 0.15) is 6.04 Å². The number of nitrogens with one attached hydrogen (secondary N) is 1. The lowest BCUT2D eigenvalue weighted by atomic mass is 9.72. The first kappa shape index (κ1) is 33.2. The maximum atomic E-state index is 14.7. The molecule has 0 aliphatic carbocycles. The van der Waals surface area contributed by atoms with Gasteiger partial charge in [0.25, 0.3) is 0 Å². The smallest absolute Gasteiger partial charge is 0.248 e. The molecule has 0 bridgehead atoms. The summed E-state index contributed by atoms with van der Waals surface area (Å²) in [5.74, 6) is -2.03. The molecule has 0 saturated carbocycles. The zero-order valence-electron chi connectivity index (χ0n) is 27.6. The summed E-state index contributed by atoms with van der Waals surface area (Å²) in [6.07, 6.45) is 0.500. The number of hydrogen-bond donors (Lipinski definition) is 3. The van der Waals surface area contributed by atoms with E-state index in [2.05, 4.69) is 20.5 Å². The minimum absolute atomic E-state index is 0.0250. The van der Waals surface area contributed by atoms with Gasteiger partial charge in [0.15, 0.2) is 0 Å². The standard InChI is InChI=1S/C37H40N6O4S/c1-21-33(48-20-40-21)24-11-9-22(10-12-24)18-39-35(46)31-17-26(44)19-43(31)36(47)32(37(2,3)4)28-15-25(34(38)45)16-30-27(28)14-13-23-7-5-6-8-29(23)41-42-30/h5-12,15-16,20,26,31-32,44H,13-14,17-19H2,1-4H3,(H2,38,45)(H,39,46)/t26-,31+,32+/m1/s1. The maximum absolute atomic E-state index is 14.7. The molecule has 2 aliphatic heterocycles. The summed E-state index contributed by atoms with van der Waals surface area (Å²) in [5.41, 5.74) is 13.9. The zero-order chi connectivity index (χ0) is 34.2. The van der Waals surface area contributed by atoms with Crippen LogP contribution in [0.25, 0.3) is 10.4 Å². The second-order valence-corrected chi connectivity index (χ2v) is 14.5. The number of carbonyl (C=O) groups excluding carboxylic acids is 3. The number of aryl methyl sites for hydroxylation is 2. The second-order valence-electron chi connectivity index (χ2n) is 13.6. The number of aliphatic hydroxyl groups is 1. The predicted molar refractivity (Wildman–Crippen MR) is 185 cm³/mol. The quantitative estimate of drug-likeness (QED) is 0.217. The molecular weight excluding hydrogens is 625 g/mol. The van der Waals surface area contributed by atoms with Gasteiger partial charge < -0.3 is 21.1 Å². The molecule has 1 aromatic heterocycles. The van der Waals surface area contributed by atoms with Gasteiger partial charge in [0.05, 0.1) is 39.5 Å². The first-order valence-electron chi connectivity index (χ1n) is 16.1. The number of rotatable bonds is 7. The van der Waals surface area contributed by atoms with Crippen molar-refractivity contribution in [2.24, 2.45) is 21.4 Å². The third-order valence-corrected chi connectivity index (χ3v) is 10.1. The van der Waals surface area contributed by atoms with Crippen LogP contribution < -0.4 is 11.1 Å². The Kier molecular flexibility index (Phi) is 9.26. The van der Waals surface area contributed by atoms with E-state index in [0.29, 0.717) is 24.1 Å². The molecule has 0 unspecified atom stereocenters. The van der Waals surface area contributed by atoms with E-state index in [4.69, 9.17) is 5.73 Å². The fourth-order valence-corrected chi connectivity index (χ4v) is 7.54. The van der Waals surface area contributed by atoms with Gasteiger partial charge in [-0.1, -0.05) is 63.2 Å². The molecule has 3 heterocycles. The Labute approximate surface area is 284 Å². The van der Waals surface area contributed by atoms with Crippen molar-refractivity contribution >= 4 is 40.4 Å². The van der Waals surface area contributed by atoms with E-state index >= 15 is 0 Å². The van der Waals surface area contributed by atoms with Crippen LogP contribution in [0.3, 0.4) is 0 Å². The number of aromatic nitrogens is 1. The molecule has 6 rings (SSSR count). The molecule has 0 radical (unpaired) electrons. The summed E-state index contributed by atoms with van der Waals surface area (Å²) >= 11 is 1.58. The van der Waals surface area contributed by atoms with Gasteiger partial charge in [-0.2, -0.15) is 10.2 Å². The average Bonchev–Trinajstić information content (AvgIpc) is 3.65. The van der Waals surface area contributed by atoms with Crippen LogP contribution in [-0.2, 0) is 29.0 Å². The van der Waals surface area contributed by atoms with Crippen molar-refractivity contribution in [3.05, 3.63) is 99.7 Å². The van der Waals surface area contributed by atoms with Gasteiger partial charge in [0.2, 0.25) is 17.7 Å². The maximum Gasteiger partial charge on any atom is 0.248 e. The van der Waals surface area contributed by atoms with Gasteiger partial charge in [-0.3, -0.25) is 14.4 Å². The van der Waals surface area contributed by atoms with Crippen molar-refractivity contribution in [2.45, 2.75) is 71.6 Å². The molecule has 0 spiro atoms. The van der Waals surface area contributed by atoms with Crippen molar-refractivity contribution in [1.82, 2.24) is 15.2 Å². The number of primary amides is 1. The molecule has 1 fully saturated rings. The van der Waals surface area contributed by atoms with Crippen LogP contribution in [0.1, 0.15) is 71.4 Å². The normalized spacial score (nSPS) is 18.0. The first-order chi connectivity index (χ1) is 22.9. The van der Waals surface area contributed by atoms with E-state index in [0.717, 1.165) is 38.5 Å². The highest BCUT2D eigenvalue weighted by molar-refractivity contribution is 7.13. The largest absolute Gasteiger partial charge is 0.391 e. The van der Waals surface area contributed by atoms with Crippen molar-refractivity contribution in [3.8, 4) is 10.4 Å². The third kappa shape index (κ3) is 6.79. The number of azo groups is 1. The van der Waals surface area contributed by atoms with Crippen LogP contribution in [0.5, 0.6) is 0 Å². The van der Waals surface area contributed by atoms with Crippen molar-refractivity contribution in [3.63, 3.8) is 0 Å². The van der Waals surface area contributed by atoms with Crippen molar-refractivity contribution in [2.75, 3.05) is 6.54 Å². The number of amides is 3. The number of nitrogens with two attached hydrogens (primary N) is 1. The molecule has 3 atom stereocenters. The number of fused-ring (bicyclic) bond motifs is 2. The van der Waals surface area contributed by atoms with Crippen molar-refractivity contribution in [1.29, 1.82) is 0 Å². The molecular formula is C37H40N6O4S. The summed E-state index contributed by atoms with van der Waals surface area (Å²) in [4.78, 5) is 47.8. The zero-order valence-corrected chi connectivity index (χ0v) is 28.4. The summed E-state index contributed by atoms with van der Waals surface area (Å²) in [6.45, 7) is 8.15. The molecule has 2 aliphatic rings. The number of thiazole rings is 1. The summed E-state index contributed by atoms with van der Waals surface area (Å²) in [7, 11) is 0. The number of likely N-dealkylation sites (tertiary alicyclic amines) is 1. The van der Waals surface area contributed by atoms with Crippen LogP contribution in [0.15, 0.2) is 76.4 Å². The number of carbonyl (C=O) groups is 3. The van der Waals surface area contributed by atoms with Crippen LogP contribution >= 0.6 is 11.3 Å². The Balaban J connectivity index is 1.28. The van der Waals surface area contributed by atoms with Gasteiger partial charge in [-0.15, -0.1) is 11.3 Å². The summed E-state index contributed by atoms with van der Waals surface area (Å²) < 4.78 is 0. The lowest BCUT2D eigenvalue weighted by molar-refractivity contribution is -0.141. The molecule has 1 saturated heterocycles. The Bertz CT molecular complexity index is 1890. The second kappa shape index (κ2) is 13.4. The molecule has 48 heavy (non-hydrogen) atoms. The molecule has 11 heteroatoms. The third-order valence-electron chi connectivity index (χ3n) is 9.16. The number of β-amino-alcohol motifs (C(OH)–C–C–N with tert-alkyl or cyclic N) is 1. The molecule has 4 N–H and O–H groups in total. The fraction of sp³-hybridized carbons (Fsp3) is 0.351. The number of nitrogens with zero attached hydrogens (tertiary/aromatic N) is 4. The van der Waals surface area contributed by atoms with Gasteiger partial charge in [0, 0.05) is 25.1 Å². The fourth-order valence-electron chi connectivity index (χ4n) is 6.73. The van der Waals surface area contributed by atoms with Crippen LogP contribution in [0, 0.1) is 12.3 Å². The monoisotopic (exact) mass is 664 g/mol. The number of benzene rings is 3. The molecule has 248 valence electrons. The minimum Gasteiger partial charge on any atom is -0.391 e. The van der Waals surface area contributed by atoms with Crippen molar-refractivity contribution < 1.29 is 19.5 Å². The Morgan fingerprint density at radius 2 is 1.77 bits per heavy atom. The molecule has 4 aromatic rings. The number of hydrogen-bond acceptors (Lipinski definition) is 8. The van der Waals surface area contributed by atoms with Gasteiger partial charge >= 0.3 is 0 Å². The molecule has 3 amide bonds. The minimum atomic E-state index is -0.857. The SMILES string of the molecule is Cc1ncsc1-c1ccc(CNC(=O)[C@@H]2C[C@@H](O)CN2C(=O)[C@H](c2cc(C(N)=O)cc3c2CCc2ccccc2N=N3)C(C)(C)C)cc1. The average molecular weight is 665 g/mol. The van der Waals surface area contributed by atoms with E-state index in [9.17, 15) is 19.5 Å². The number of aliphatic hydroxyl groups excluding tert-OH is 1. The van der Waals surface area contributed by atoms with E-state index in [1.54, 1.807) is 23.5 Å². The highest BCUT2D eigenvalue weighted by Crippen LogP contribution is 2.44. The van der Waals surface area contributed by atoms with E-state index in [1.165, 1.54) is 4.90 Å². The van der Waals surface area contributed by atoms with E-state index in [1.807, 2.05) is 81.7 Å². The van der Waals surface area contributed by atoms with Crippen LogP contribution in [-0.4, -0.2) is 51.4 Å². The van der Waals surface area contributed by atoms with E-state index in [-0.39, 0.29) is 36.9 Å². The Hall–Kier alpha value is -4.74. The van der Waals surface area contributed by atoms with Crippen LogP contribution in [0.2, 0.25) is 0 Å². The van der Waals surface area contributed by atoms with E-state index < -0.39 is 29.4 Å². The van der Waals surface area contributed by atoms with Crippen LogP contribution in [0.4, 0.5) is 11.4 Å². The predicted octanol–water partition coefficient (Wildman–Crippen LogP) is 6.14. The lowest BCUT2D eigenvalue weighted by Gasteiger charge is -2.36. The molecule has 3 aromatic carbocycles. The Morgan fingerprint density at radius 1 is 1.04 bits per heavy atom. The summed E-state index contributed by atoms with van der Waals surface area (Å²) in [6, 6.07) is 18.2. The van der Waals surface area contributed by atoms with Gasteiger partial charge in [-0.05, 0) is 71.2 Å². The highest BCUT2D eigenvalue weighted by atomic mass is 32.1. The Morgan fingerprint density at radius 3 is 2.46 bits per heavy atom. The highest BCUT2D eigenvalue weighted by Gasteiger charge is 2.45. The van der Waals surface area contributed by atoms with Gasteiger partial charge in [-0.25, -0.2) is 4.98 Å². The summed E-state index contributed by atoms with van der Waals surface area (Å²) in [5, 5.41) is 22.7. The molecule has 10 nitrogen and oxygen atoms in total. The topological polar surface area (TPSA) is 150 Å². The lowest BCUT2D eigenvalue weighted by Crippen LogP contribution is -2.49. The first-order valence-corrected chi connectivity index (χ1v) is 17.0.